The molecular formula is C28H23Cl2N7O3S. The lowest BCUT2D eigenvalue weighted by atomic mass is 10.0. The molecule has 0 saturated heterocycles. The Morgan fingerprint density at radius 3 is 2.71 bits per heavy atom. The van der Waals surface area contributed by atoms with Gasteiger partial charge in [-0.15, -0.1) is 5.10 Å². The Labute approximate surface area is 244 Å². The second-order valence-electron chi connectivity index (χ2n) is 10.4. The molecule has 0 unspecified atom stereocenters. The van der Waals surface area contributed by atoms with Crippen molar-refractivity contribution in [2.75, 3.05) is 17.6 Å². The minimum absolute atomic E-state index is 0.0578. The minimum Gasteiger partial charge on any atom is -0.383 e. The van der Waals surface area contributed by atoms with Gasteiger partial charge in [0.05, 0.1) is 46.2 Å². The Kier molecular flexibility index (Phi) is 6.07. The molecule has 0 radical (unpaired) electrons. The molecule has 0 aliphatic carbocycles. The second kappa shape index (κ2) is 9.57. The van der Waals surface area contributed by atoms with Crippen LogP contribution >= 0.6 is 23.2 Å². The summed E-state index contributed by atoms with van der Waals surface area (Å²) in [5, 5.41) is 11.9. The van der Waals surface area contributed by atoms with Gasteiger partial charge in [-0.1, -0.05) is 41.4 Å². The Hall–Kier alpha value is -3.93. The minimum atomic E-state index is -3.35. The van der Waals surface area contributed by atoms with Gasteiger partial charge in [-0.05, 0) is 54.3 Å². The molecular weight excluding hydrogens is 585 g/mol. The first-order valence-electron chi connectivity index (χ1n) is 13.0. The zero-order chi connectivity index (χ0) is 28.5. The summed E-state index contributed by atoms with van der Waals surface area (Å²) < 4.78 is 28.6. The first kappa shape index (κ1) is 26.0. The van der Waals surface area contributed by atoms with Gasteiger partial charge in [0.2, 0.25) is 0 Å². The standard InChI is InChI=1S/C28H23Cl2N7O3S/c1-15-8-19-9-17(20-12-18(29)3-5-23(20)36-14-25(30)34-35-36)11-26(38)37(19)27(15)28-32-13-22(33-28)16-2-4-21-24(10-16)41(39,40)7-6-31-21/h2-5,9-15,27,31H,6-8H2,1H3,(H,32,33)/t15-,27-/m0/s1. The van der Waals surface area contributed by atoms with E-state index in [1.165, 1.54) is 0 Å². The molecule has 3 aromatic heterocycles. The average Bonchev–Trinajstić information content (AvgIpc) is 3.66. The quantitative estimate of drug-likeness (QED) is 0.301. The molecule has 2 N–H and O–H groups in total. The van der Waals surface area contributed by atoms with E-state index in [1.807, 2.05) is 18.2 Å². The molecule has 0 fully saturated rings. The predicted octanol–water partition coefficient (Wildman–Crippen LogP) is 4.77. The summed E-state index contributed by atoms with van der Waals surface area (Å²) in [6, 6.07) is 13.9. The highest BCUT2D eigenvalue weighted by Gasteiger charge is 2.34. The van der Waals surface area contributed by atoms with E-state index in [-0.39, 0.29) is 33.3 Å². The van der Waals surface area contributed by atoms with E-state index < -0.39 is 9.84 Å². The van der Waals surface area contributed by atoms with Gasteiger partial charge in [0.15, 0.2) is 15.0 Å². The molecule has 208 valence electrons. The summed E-state index contributed by atoms with van der Waals surface area (Å²) in [4.78, 5) is 21.9. The van der Waals surface area contributed by atoms with Crippen LogP contribution in [0.15, 0.2) is 70.6 Å². The zero-order valence-corrected chi connectivity index (χ0v) is 24.0. The highest BCUT2D eigenvalue weighted by Crippen LogP contribution is 2.38. The van der Waals surface area contributed by atoms with Crippen molar-refractivity contribution < 1.29 is 8.42 Å². The number of benzene rings is 2. The smallest absolute Gasteiger partial charge is 0.252 e. The van der Waals surface area contributed by atoms with Gasteiger partial charge in [-0.25, -0.2) is 18.1 Å². The Balaban J connectivity index is 1.27. The number of rotatable bonds is 4. The number of hydrogen-bond acceptors (Lipinski definition) is 7. The van der Waals surface area contributed by atoms with Crippen LogP contribution in [0.2, 0.25) is 10.2 Å². The number of pyridine rings is 1. The fourth-order valence-electron chi connectivity index (χ4n) is 5.81. The molecule has 0 spiro atoms. The van der Waals surface area contributed by atoms with Gasteiger partial charge in [0.1, 0.15) is 5.82 Å². The van der Waals surface area contributed by atoms with Gasteiger partial charge in [-0.3, -0.25) is 4.79 Å². The molecule has 10 nitrogen and oxygen atoms in total. The van der Waals surface area contributed by atoms with Crippen molar-refractivity contribution in [1.82, 2.24) is 29.5 Å². The van der Waals surface area contributed by atoms with Crippen molar-refractivity contribution in [2.45, 2.75) is 24.3 Å². The largest absolute Gasteiger partial charge is 0.383 e. The third-order valence-corrected chi connectivity index (χ3v) is 9.83. The highest BCUT2D eigenvalue weighted by atomic mass is 35.5. The van der Waals surface area contributed by atoms with Crippen molar-refractivity contribution in [2.24, 2.45) is 5.92 Å². The topological polar surface area (TPSA) is 128 Å². The van der Waals surface area contributed by atoms with Crippen LogP contribution in [0.1, 0.15) is 24.5 Å². The first-order chi connectivity index (χ1) is 19.7. The maximum atomic E-state index is 13.6. The van der Waals surface area contributed by atoms with E-state index in [4.69, 9.17) is 23.2 Å². The lowest BCUT2D eigenvalue weighted by Crippen LogP contribution is -2.25. The molecule has 0 saturated carbocycles. The van der Waals surface area contributed by atoms with Crippen molar-refractivity contribution in [3.05, 3.63) is 93.0 Å². The normalized spacial score (nSPS) is 19.0. The highest BCUT2D eigenvalue weighted by molar-refractivity contribution is 7.91. The van der Waals surface area contributed by atoms with Crippen LogP contribution < -0.4 is 10.9 Å². The van der Waals surface area contributed by atoms with E-state index in [0.717, 1.165) is 11.3 Å². The summed E-state index contributed by atoms with van der Waals surface area (Å²) in [5.74, 6) is 0.779. The Bertz CT molecular complexity index is 2020. The second-order valence-corrected chi connectivity index (χ2v) is 13.3. The fraction of sp³-hybridized carbons (Fsp3) is 0.214. The van der Waals surface area contributed by atoms with Crippen molar-refractivity contribution in [3.8, 4) is 28.1 Å². The summed E-state index contributed by atoms with van der Waals surface area (Å²) >= 11 is 12.4. The van der Waals surface area contributed by atoms with Crippen molar-refractivity contribution in [1.29, 1.82) is 0 Å². The fourth-order valence-corrected chi connectivity index (χ4v) is 7.48. The molecule has 13 heteroatoms. The number of fused-ring (bicyclic) bond motifs is 2. The summed E-state index contributed by atoms with van der Waals surface area (Å²) in [7, 11) is -3.35. The van der Waals surface area contributed by atoms with Gasteiger partial charge in [-0.2, -0.15) is 0 Å². The van der Waals surface area contributed by atoms with Gasteiger partial charge in [0, 0.05) is 34.5 Å². The van der Waals surface area contributed by atoms with Crippen LogP contribution in [0.25, 0.3) is 28.1 Å². The first-order valence-corrected chi connectivity index (χ1v) is 15.4. The third kappa shape index (κ3) is 4.44. The van der Waals surface area contributed by atoms with Crippen LogP contribution in [0, 0.1) is 5.92 Å². The van der Waals surface area contributed by atoms with Crippen LogP contribution in [0.5, 0.6) is 0 Å². The lowest BCUT2D eigenvalue weighted by Gasteiger charge is -2.19. The number of H-pyrrole nitrogens is 1. The van der Waals surface area contributed by atoms with E-state index in [2.05, 4.69) is 32.5 Å². The van der Waals surface area contributed by atoms with Crippen LogP contribution in [-0.2, 0) is 16.3 Å². The molecule has 7 rings (SSSR count). The summed E-state index contributed by atoms with van der Waals surface area (Å²) in [6.07, 6.45) is 3.94. The Morgan fingerprint density at radius 2 is 1.90 bits per heavy atom. The van der Waals surface area contributed by atoms with E-state index >= 15 is 0 Å². The van der Waals surface area contributed by atoms with Gasteiger partial charge < -0.3 is 14.9 Å². The number of halogens is 2. The number of hydrogen-bond donors (Lipinski definition) is 2. The van der Waals surface area contributed by atoms with Crippen molar-refractivity contribution in [3.63, 3.8) is 0 Å². The third-order valence-electron chi connectivity index (χ3n) is 7.67. The van der Waals surface area contributed by atoms with Gasteiger partial charge in [0.25, 0.3) is 5.56 Å². The maximum Gasteiger partial charge on any atom is 0.252 e. The van der Waals surface area contributed by atoms with E-state index in [1.54, 1.807) is 52.0 Å². The molecule has 0 amide bonds. The molecule has 5 aromatic rings. The molecule has 2 aromatic carbocycles. The van der Waals surface area contributed by atoms with Crippen LogP contribution in [0.3, 0.4) is 0 Å². The maximum absolute atomic E-state index is 13.6. The number of imidazole rings is 1. The number of sulfone groups is 1. The summed E-state index contributed by atoms with van der Waals surface area (Å²) in [5.41, 5.74) is 4.84. The molecule has 2 aliphatic heterocycles. The van der Waals surface area contributed by atoms with Crippen molar-refractivity contribution >= 4 is 38.7 Å². The molecule has 2 atom stereocenters. The van der Waals surface area contributed by atoms with Gasteiger partial charge >= 0.3 is 0 Å². The van der Waals surface area contributed by atoms with Crippen LogP contribution in [-0.4, -0.2) is 50.2 Å². The molecule has 0 bridgehead atoms. The number of aromatic amines is 1. The lowest BCUT2D eigenvalue weighted by molar-refractivity contribution is 0.450. The SMILES string of the molecule is C[C@H]1Cc2cc(-c3cc(Cl)ccc3-n3cc(Cl)nn3)cc(=O)n2[C@@H]1c1ncc(-c2ccc3c(c2)S(=O)(=O)CCN3)[nH]1. The van der Waals surface area contributed by atoms with E-state index in [0.29, 0.717) is 52.0 Å². The number of anilines is 1. The molecule has 5 heterocycles. The van der Waals surface area contributed by atoms with Crippen LogP contribution in [0.4, 0.5) is 5.69 Å². The average molecular weight is 609 g/mol. The van der Waals surface area contributed by atoms with E-state index in [9.17, 15) is 13.2 Å². The molecule has 2 aliphatic rings. The number of nitrogens with zero attached hydrogens (tertiary/aromatic N) is 5. The summed E-state index contributed by atoms with van der Waals surface area (Å²) in [6.45, 7) is 2.48. The number of aromatic nitrogens is 6. The monoisotopic (exact) mass is 607 g/mol. The molecule has 41 heavy (non-hydrogen) atoms. The Morgan fingerprint density at radius 1 is 1.05 bits per heavy atom. The predicted molar refractivity (Wildman–Crippen MR) is 157 cm³/mol. The zero-order valence-electron chi connectivity index (χ0n) is 21.7. The number of nitrogens with one attached hydrogen (secondary N) is 2.